The first kappa shape index (κ1) is 32.6. The van der Waals surface area contributed by atoms with Crippen molar-refractivity contribution in [1.29, 1.82) is 0 Å². The van der Waals surface area contributed by atoms with Crippen LogP contribution in [0.15, 0.2) is 78.9 Å². The molecule has 1 unspecified atom stereocenters. The number of anilines is 1. The van der Waals surface area contributed by atoms with E-state index in [-0.39, 0.29) is 49.9 Å². The Morgan fingerprint density at radius 3 is 2.21 bits per heavy atom. The lowest BCUT2D eigenvalue weighted by Crippen LogP contribution is -2.54. The van der Waals surface area contributed by atoms with Gasteiger partial charge in [-0.1, -0.05) is 54.6 Å². The first-order valence-electron chi connectivity index (χ1n) is 13.8. The molecule has 226 valence electrons. The van der Waals surface area contributed by atoms with E-state index in [1.807, 2.05) is 69.3 Å². The number of hydrogen-bond acceptors (Lipinski definition) is 5. The van der Waals surface area contributed by atoms with E-state index in [1.165, 1.54) is 23.1 Å². The second kappa shape index (κ2) is 14.3. The summed E-state index contributed by atoms with van der Waals surface area (Å²) in [5.74, 6) is -0.681. The molecule has 0 saturated carbocycles. The molecule has 0 aliphatic rings. The van der Waals surface area contributed by atoms with E-state index in [2.05, 4.69) is 5.32 Å². The largest absolute Gasteiger partial charge is 0.497 e. The van der Waals surface area contributed by atoms with Gasteiger partial charge in [0.25, 0.3) is 0 Å². The van der Waals surface area contributed by atoms with Crippen LogP contribution in [0.2, 0.25) is 0 Å². The Morgan fingerprint density at radius 2 is 1.60 bits per heavy atom. The number of nitrogens with zero attached hydrogens (tertiary/aromatic N) is 2. The van der Waals surface area contributed by atoms with E-state index < -0.39 is 27.4 Å². The summed E-state index contributed by atoms with van der Waals surface area (Å²) in [7, 11) is -2.26. The quantitative estimate of drug-likeness (QED) is 0.301. The monoisotopic (exact) mass is 597 g/mol. The molecular formula is C32H40FN3O5S. The molecule has 0 aliphatic heterocycles. The topological polar surface area (TPSA) is 96.0 Å². The summed E-state index contributed by atoms with van der Waals surface area (Å²) < 4.78 is 45.9. The van der Waals surface area contributed by atoms with E-state index in [1.54, 1.807) is 19.2 Å². The summed E-state index contributed by atoms with van der Waals surface area (Å²) in [5.41, 5.74) is 1.05. The van der Waals surface area contributed by atoms with Crippen molar-refractivity contribution in [3.05, 3.63) is 95.8 Å². The molecule has 10 heteroatoms. The van der Waals surface area contributed by atoms with Gasteiger partial charge in [-0.05, 0) is 62.6 Å². The number of carbonyl (C=O) groups is 2. The van der Waals surface area contributed by atoms with Gasteiger partial charge >= 0.3 is 0 Å². The number of halogens is 1. The lowest BCUT2D eigenvalue weighted by atomic mass is 10.00. The van der Waals surface area contributed by atoms with E-state index in [9.17, 15) is 22.4 Å². The number of sulfonamides is 1. The number of para-hydroxylation sites is 1. The SMILES string of the molecule is COc1cccc(CN(C(=O)CCCN(c2ccccc2F)S(C)(=O)=O)C(Cc2ccccc2)C(=O)NC(C)(C)C)c1. The van der Waals surface area contributed by atoms with E-state index in [0.29, 0.717) is 5.75 Å². The van der Waals surface area contributed by atoms with E-state index >= 15 is 0 Å². The Morgan fingerprint density at radius 1 is 0.952 bits per heavy atom. The number of amides is 2. The van der Waals surface area contributed by atoms with Crippen LogP contribution in [-0.2, 0) is 32.6 Å². The molecule has 0 heterocycles. The van der Waals surface area contributed by atoms with Crippen LogP contribution in [0.25, 0.3) is 0 Å². The van der Waals surface area contributed by atoms with Gasteiger partial charge in [0.05, 0.1) is 19.1 Å². The summed E-state index contributed by atoms with van der Waals surface area (Å²) in [6, 6.07) is 21.5. The normalized spacial score (nSPS) is 12.3. The Labute approximate surface area is 248 Å². The summed E-state index contributed by atoms with van der Waals surface area (Å²) in [6.45, 7) is 5.66. The number of methoxy groups -OCH3 is 1. The summed E-state index contributed by atoms with van der Waals surface area (Å²) in [4.78, 5) is 29.1. The van der Waals surface area contributed by atoms with Crippen LogP contribution < -0.4 is 14.4 Å². The van der Waals surface area contributed by atoms with Crippen molar-refractivity contribution in [2.24, 2.45) is 0 Å². The maximum atomic E-state index is 14.5. The summed E-state index contributed by atoms with van der Waals surface area (Å²) in [5, 5.41) is 3.02. The molecule has 3 rings (SSSR count). The van der Waals surface area contributed by atoms with Gasteiger partial charge < -0.3 is 15.0 Å². The van der Waals surface area contributed by atoms with Crippen LogP contribution in [0.4, 0.5) is 10.1 Å². The van der Waals surface area contributed by atoms with Gasteiger partial charge in [-0.3, -0.25) is 13.9 Å². The zero-order valence-electron chi connectivity index (χ0n) is 24.8. The van der Waals surface area contributed by atoms with E-state index in [4.69, 9.17) is 4.74 Å². The van der Waals surface area contributed by atoms with Crippen molar-refractivity contribution in [3.8, 4) is 5.75 Å². The Hall–Kier alpha value is -3.92. The standard InChI is InChI=1S/C32H40FN3O5S/c1-32(2,3)34-31(38)29(22-24-13-7-6-8-14-24)35(23-25-15-11-16-26(21-25)41-4)30(37)19-12-20-36(42(5,39)40)28-18-10-9-17-27(28)33/h6-11,13-18,21,29H,12,19-20,22-23H2,1-5H3,(H,34,38). The first-order valence-corrected chi connectivity index (χ1v) is 15.6. The fourth-order valence-electron chi connectivity index (χ4n) is 4.61. The molecule has 42 heavy (non-hydrogen) atoms. The van der Waals surface area contributed by atoms with Gasteiger partial charge in [0.1, 0.15) is 17.6 Å². The molecule has 0 aromatic heterocycles. The van der Waals surface area contributed by atoms with Gasteiger partial charge in [0.15, 0.2) is 0 Å². The minimum atomic E-state index is -3.82. The molecular weight excluding hydrogens is 557 g/mol. The van der Waals surface area contributed by atoms with Crippen molar-refractivity contribution in [2.75, 3.05) is 24.2 Å². The van der Waals surface area contributed by atoms with Gasteiger partial charge in [0.2, 0.25) is 21.8 Å². The summed E-state index contributed by atoms with van der Waals surface area (Å²) >= 11 is 0. The molecule has 8 nitrogen and oxygen atoms in total. The van der Waals surface area contributed by atoms with Gasteiger partial charge in [-0.15, -0.1) is 0 Å². The first-order chi connectivity index (χ1) is 19.8. The highest BCUT2D eigenvalue weighted by Gasteiger charge is 2.32. The van der Waals surface area contributed by atoms with Crippen molar-refractivity contribution in [2.45, 2.75) is 58.2 Å². The fourth-order valence-corrected chi connectivity index (χ4v) is 5.58. The molecule has 0 radical (unpaired) electrons. The van der Waals surface area contributed by atoms with Crippen molar-refractivity contribution < 1.29 is 27.1 Å². The van der Waals surface area contributed by atoms with Gasteiger partial charge in [0, 0.05) is 31.5 Å². The Kier molecular flexibility index (Phi) is 11.1. The second-order valence-corrected chi connectivity index (χ2v) is 13.1. The number of rotatable bonds is 13. The molecule has 3 aromatic carbocycles. The maximum absolute atomic E-state index is 14.5. The molecule has 2 amide bonds. The third-order valence-electron chi connectivity index (χ3n) is 6.53. The highest BCUT2D eigenvalue weighted by Crippen LogP contribution is 2.23. The average Bonchev–Trinajstić information content (AvgIpc) is 2.92. The van der Waals surface area contributed by atoms with Crippen LogP contribution in [-0.4, -0.2) is 56.6 Å². The van der Waals surface area contributed by atoms with Crippen LogP contribution in [0.1, 0.15) is 44.7 Å². The number of carbonyl (C=O) groups excluding carboxylic acids is 2. The molecule has 1 atom stereocenters. The highest BCUT2D eigenvalue weighted by atomic mass is 32.2. The van der Waals surface area contributed by atoms with Gasteiger partial charge in [-0.2, -0.15) is 0 Å². The van der Waals surface area contributed by atoms with E-state index in [0.717, 1.165) is 21.7 Å². The fraction of sp³-hybridized carbons (Fsp3) is 0.375. The minimum Gasteiger partial charge on any atom is -0.497 e. The number of benzene rings is 3. The average molecular weight is 598 g/mol. The molecule has 1 N–H and O–H groups in total. The molecule has 0 saturated heterocycles. The smallest absolute Gasteiger partial charge is 0.243 e. The maximum Gasteiger partial charge on any atom is 0.243 e. The Balaban J connectivity index is 1.93. The Bertz CT molecular complexity index is 1460. The predicted molar refractivity (Wildman–Crippen MR) is 163 cm³/mol. The zero-order valence-corrected chi connectivity index (χ0v) is 25.7. The zero-order chi connectivity index (χ0) is 30.9. The summed E-state index contributed by atoms with van der Waals surface area (Å²) in [6.07, 6.45) is 1.35. The van der Waals surface area contributed by atoms with Crippen LogP contribution in [0, 0.1) is 5.82 Å². The lowest BCUT2D eigenvalue weighted by Gasteiger charge is -2.34. The van der Waals surface area contributed by atoms with Crippen molar-refractivity contribution in [3.63, 3.8) is 0 Å². The number of ether oxygens (including phenoxy) is 1. The third-order valence-corrected chi connectivity index (χ3v) is 7.71. The minimum absolute atomic E-state index is 0.0570. The predicted octanol–water partition coefficient (Wildman–Crippen LogP) is 4.94. The van der Waals surface area contributed by atoms with Crippen LogP contribution in [0.5, 0.6) is 5.75 Å². The third kappa shape index (κ3) is 9.58. The van der Waals surface area contributed by atoms with Crippen LogP contribution >= 0.6 is 0 Å². The van der Waals surface area contributed by atoms with Gasteiger partial charge in [-0.25, -0.2) is 12.8 Å². The molecule has 0 spiro atoms. The molecule has 3 aromatic rings. The molecule has 0 aliphatic carbocycles. The van der Waals surface area contributed by atoms with Crippen molar-refractivity contribution >= 4 is 27.5 Å². The highest BCUT2D eigenvalue weighted by molar-refractivity contribution is 7.92. The molecule has 0 fully saturated rings. The lowest BCUT2D eigenvalue weighted by molar-refractivity contribution is -0.142. The van der Waals surface area contributed by atoms with Crippen molar-refractivity contribution in [1.82, 2.24) is 10.2 Å². The second-order valence-electron chi connectivity index (χ2n) is 11.2. The molecule has 0 bridgehead atoms. The van der Waals surface area contributed by atoms with Crippen LogP contribution in [0.3, 0.4) is 0 Å². The number of nitrogens with one attached hydrogen (secondary N) is 1. The number of hydrogen-bond donors (Lipinski definition) is 1.